The second-order valence-corrected chi connectivity index (χ2v) is 5.50. The SMILES string of the molecule is CCOC(=O)c1c(C)nn2c1NCCC2c1nccs1. The van der Waals surface area contributed by atoms with Gasteiger partial charge in [-0.1, -0.05) is 0 Å². The van der Waals surface area contributed by atoms with Crippen LogP contribution in [-0.2, 0) is 4.74 Å². The zero-order valence-corrected chi connectivity index (χ0v) is 12.2. The molecule has 0 fully saturated rings. The predicted octanol–water partition coefficient (Wildman–Crippen LogP) is 2.23. The monoisotopic (exact) mass is 292 g/mol. The molecular formula is C13H16N4O2S. The fraction of sp³-hybridized carbons (Fsp3) is 0.462. The Morgan fingerprint density at radius 3 is 3.20 bits per heavy atom. The molecule has 0 amide bonds. The summed E-state index contributed by atoms with van der Waals surface area (Å²) in [5, 5.41) is 10.7. The van der Waals surface area contributed by atoms with Crippen molar-refractivity contribution in [3.8, 4) is 0 Å². The molecular weight excluding hydrogens is 276 g/mol. The molecule has 1 aliphatic heterocycles. The Bertz CT molecular complexity index is 621. The highest BCUT2D eigenvalue weighted by molar-refractivity contribution is 7.09. The van der Waals surface area contributed by atoms with Gasteiger partial charge in [0.05, 0.1) is 12.3 Å². The van der Waals surface area contributed by atoms with Gasteiger partial charge in [-0.15, -0.1) is 11.3 Å². The Kier molecular flexibility index (Phi) is 3.43. The number of hydrogen-bond donors (Lipinski definition) is 1. The summed E-state index contributed by atoms with van der Waals surface area (Å²) in [6, 6.07) is 0.0909. The maximum Gasteiger partial charge on any atom is 0.343 e. The summed E-state index contributed by atoms with van der Waals surface area (Å²) in [5.41, 5.74) is 1.22. The summed E-state index contributed by atoms with van der Waals surface area (Å²) < 4.78 is 6.98. The van der Waals surface area contributed by atoms with E-state index >= 15 is 0 Å². The number of fused-ring (bicyclic) bond motifs is 1. The molecule has 0 aliphatic carbocycles. The number of nitrogens with zero attached hydrogens (tertiary/aromatic N) is 3. The quantitative estimate of drug-likeness (QED) is 0.879. The van der Waals surface area contributed by atoms with Gasteiger partial charge in [-0.25, -0.2) is 14.5 Å². The van der Waals surface area contributed by atoms with E-state index in [9.17, 15) is 4.79 Å². The zero-order valence-electron chi connectivity index (χ0n) is 11.4. The van der Waals surface area contributed by atoms with E-state index in [0.29, 0.717) is 17.9 Å². The number of esters is 1. The minimum Gasteiger partial charge on any atom is -0.462 e. The van der Waals surface area contributed by atoms with Crippen LogP contribution in [0.5, 0.6) is 0 Å². The van der Waals surface area contributed by atoms with Gasteiger partial charge in [-0.05, 0) is 20.3 Å². The van der Waals surface area contributed by atoms with Crippen molar-refractivity contribution in [2.24, 2.45) is 0 Å². The van der Waals surface area contributed by atoms with Crippen LogP contribution in [0.15, 0.2) is 11.6 Å². The minimum atomic E-state index is -0.321. The van der Waals surface area contributed by atoms with Gasteiger partial charge in [0.1, 0.15) is 22.4 Å². The lowest BCUT2D eigenvalue weighted by atomic mass is 10.1. The van der Waals surface area contributed by atoms with Gasteiger partial charge in [0.2, 0.25) is 0 Å². The lowest BCUT2D eigenvalue weighted by molar-refractivity contribution is 0.0526. The van der Waals surface area contributed by atoms with Crippen LogP contribution in [0.1, 0.15) is 40.4 Å². The normalized spacial score (nSPS) is 17.4. The highest BCUT2D eigenvalue weighted by atomic mass is 32.1. The average molecular weight is 292 g/mol. The largest absolute Gasteiger partial charge is 0.462 e. The summed E-state index contributed by atoms with van der Waals surface area (Å²) in [5.74, 6) is 0.422. The second-order valence-electron chi connectivity index (χ2n) is 4.58. The number of hydrogen-bond acceptors (Lipinski definition) is 6. The Hall–Kier alpha value is -1.89. The van der Waals surface area contributed by atoms with Crippen molar-refractivity contribution in [3.63, 3.8) is 0 Å². The number of carbonyl (C=O) groups is 1. The van der Waals surface area contributed by atoms with Crippen LogP contribution in [0.4, 0.5) is 5.82 Å². The number of rotatable bonds is 3. The Labute approximate surface area is 120 Å². The fourth-order valence-corrected chi connectivity index (χ4v) is 3.22. The molecule has 0 saturated heterocycles. The summed E-state index contributed by atoms with van der Waals surface area (Å²) in [6.45, 7) is 4.79. The van der Waals surface area contributed by atoms with Crippen molar-refractivity contribution in [1.29, 1.82) is 0 Å². The Morgan fingerprint density at radius 1 is 1.65 bits per heavy atom. The number of thiazole rings is 1. The van der Waals surface area contributed by atoms with Crippen molar-refractivity contribution in [2.45, 2.75) is 26.3 Å². The number of nitrogens with one attached hydrogen (secondary N) is 1. The molecule has 2 aromatic heterocycles. The lowest BCUT2D eigenvalue weighted by Gasteiger charge is -2.24. The Morgan fingerprint density at radius 2 is 2.50 bits per heavy atom. The standard InChI is InChI=1S/C13H16N4O2S/c1-3-19-13(18)10-8(2)16-17-9(4-5-14-11(10)17)12-15-6-7-20-12/h6-7,9,14H,3-5H2,1-2H3. The second kappa shape index (κ2) is 5.24. The van der Waals surface area contributed by atoms with E-state index in [2.05, 4.69) is 15.4 Å². The molecule has 106 valence electrons. The molecule has 1 atom stereocenters. The van der Waals surface area contributed by atoms with Crippen LogP contribution in [0.3, 0.4) is 0 Å². The van der Waals surface area contributed by atoms with Crippen molar-refractivity contribution in [1.82, 2.24) is 14.8 Å². The molecule has 1 aliphatic rings. The van der Waals surface area contributed by atoms with Crippen molar-refractivity contribution < 1.29 is 9.53 Å². The molecule has 7 heteroatoms. The van der Waals surface area contributed by atoms with Crippen LogP contribution >= 0.6 is 11.3 Å². The van der Waals surface area contributed by atoms with Crippen molar-refractivity contribution in [3.05, 3.63) is 27.8 Å². The first-order valence-electron chi connectivity index (χ1n) is 6.61. The number of ether oxygens (including phenoxy) is 1. The van der Waals surface area contributed by atoms with Crippen LogP contribution in [0, 0.1) is 6.92 Å². The molecule has 0 bridgehead atoms. The maximum absolute atomic E-state index is 12.1. The summed E-state index contributed by atoms with van der Waals surface area (Å²) >= 11 is 1.61. The molecule has 0 radical (unpaired) electrons. The van der Waals surface area contributed by atoms with Crippen LogP contribution < -0.4 is 5.32 Å². The zero-order chi connectivity index (χ0) is 14.1. The average Bonchev–Trinajstić information content (AvgIpc) is 3.04. The van der Waals surface area contributed by atoms with Crippen molar-refractivity contribution in [2.75, 3.05) is 18.5 Å². The molecule has 0 aromatic carbocycles. The molecule has 3 heterocycles. The van der Waals surface area contributed by atoms with Crippen molar-refractivity contribution >= 4 is 23.1 Å². The topological polar surface area (TPSA) is 69.0 Å². The third-order valence-electron chi connectivity index (χ3n) is 3.31. The first-order valence-corrected chi connectivity index (χ1v) is 7.49. The molecule has 1 N–H and O–H groups in total. The molecule has 1 unspecified atom stereocenters. The van der Waals surface area contributed by atoms with E-state index in [-0.39, 0.29) is 12.0 Å². The van der Waals surface area contributed by atoms with E-state index in [1.807, 2.05) is 17.0 Å². The Balaban J connectivity index is 2.04. The lowest BCUT2D eigenvalue weighted by Crippen LogP contribution is -2.25. The highest BCUT2D eigenvalue weighted by Crippen LogP contribution is 2.33. The van der Waals surface area contributed by atoms with E-state index in [0.717, 1.165) is 23.8 Å². The third kappa shape index (κ3) is 2.07. The van der Waals surface area contributed by atoms with E-state index < -0.39 is 0 Å². The predicted molar refractivity (Wildman–Crippen MR) is 76.3 cm³/mol. The molecule has 3 rings (SSSR count). The van der Waals surface area contributed by atoms with E-state index in [4.69, 9.17) is 4.74 Å². The smallest absolute Gasteiger partial charge is 0.343 e. The number of aryl methyl sites for hydroxylation is 1. The van der Waals surface area contributed by atoms with Gasteiger partial charge in [-0.3, -0.25) is 0 Å². The summed E-state index contributed by atoms with van der Waals surface area (Å²) in [4.78, 5) is 16.4. The molecule has 20 heavy (non-hydrogen) atoms. The first-order chi connectivity index (χ1) is 9.72. The maximum atomic E-state index is 12.1. The third-order valence-corrected chi connectivity index (χ3v) is 4.18. The first kappa shape index (κ1) is 13.1. The molecule has 6 nitrogen and oxygen atoms in total. The molecule has 0 saturated carbocycles. The molecule has 2 aromatic rings. The van der Waals surface area contributed by atoms with Gasteiger partial charge < -0.3 is 10.1 Å². The summed E-state index contributed by atoms with van der Waals surface area (Å²) in [6.07, 6.45) is 2.70. The van der Waals surface area contributed by atoms with Crippen LogP contribution in [0.25, 0.3) is 0 Å². The van der Waals surface area contributed by atoms with Gasteiger partial charge in [0.25, 0.3) is 0 Å². The van der Waals surface area contributed by atoms with Gasteiger partial charge in [0.15, 0.2) is 0 Å². The van der Waals surface area contributed by atoms with Crippen LogP contribution in [0.2, 0.25) is 0 Å². The van der Waals surface area contributed by atoms with E-state index in [1.165, 1.54) is 0 Å². The van der Waals surface area contributed by atoms with Crippen LogP contribution in [-0.4, -0.2) is 33.9 Å². The number of carbonyl (C=O) groups excluding carboxylic acids is 1. The van der Waals surface area contributed by atoms with Gasteiger partial charge in [0, 0.05) is 18.1 Å². The number of aromatic nitrogens is 3. The minimum absolute atomic E-state index is 0.0909. The fourth-order valence-electron chi connectivity index (χ4n) is 2.47. The van der Waals surface area contributed by atoms with Gasteiger partial charge in [-0.2, -0.15) is 5.10 Å². The van der Waals surface area contributed by atoms with E-state index in [1.54, 1.807) is 24.5 Å². The molecule has 0 spiro atoms. The number of anilines is 1. The summed E-state index contributed by atoms with van der Waals surface area (Å²) in [7, 11) is 0. The van der Waals surface area contributed by atoms with Gasteiger partial charge >= 0.3 is 5.97 Å². The highest BCUT2D eigenvalue weighted by Gasteiger charge is 2.30.